The van der Waals surface area contributed by atoms with E-state index in [-0.39, 0.29) is 5.76 Å². The number of carboxylic acid groups (broad SMARTS) is 1. The summed E-state index contributed by atoms with van der Waals surface area (Å²) in [6.07, 6.45) is 2.80. The zero-order valence-electron chi connectivity index (χ0n) is 6.56. The van der Waals surface area contributed by atoms with Crippen molar-refractivity contribution >= 4 is 5.97 Å². The molecule has 0 amide bonds. The summed E-state index contributed by atoms with van der Waals surface area (Å²) in [6.45, 7) is 0. The lowest BCUT2D eigenvalue weighted by Crippen LogP contribution is -1.95. The first-order valence-corrected chi connectivity index (χ1v) is 3.63. The van der Waals surface area contributed by atoms with Crippen LogP contribution in [-0.2, 0) is 0 Å². The van der Waals surface area contributed by atoms with Crippen LogP contribution in [0.3, 0.4) is 0 Å². The first kappa shape index (κ1) is 7.67. The molecule has 0 spiro atoms. The van der Waals surface area contributed by atoms with Gasteiger partial charge in [0, 0.05) is 0 Å². The topological polar surface area (TPSA) is 63.6 Å². The van der Waals surface area contributed by atoms with Gasteiger partial charge in [0.2, 0.25) is 5.76 Å². The molecule has 2 heterocycles. The normalized spacial score (nSPS) is 10.2. The van der Waals surface area contributed by atoms with Gasteiger partial charge >= 0.3 is 5.97 Å². The van der Waals surface area contributed by atoms with Gasteiger partial charge in [-0.1, -0.05) is 0 Å². The van der Waals surface area contributed by atoms with E-state index in [1.54, 1.807) is 18.2 Å². The first-order chi connectivity index (χ1) is 6.29. The van der Waals surface area contributed by atoms with Crippen LogP contribution in [0.15, 0.2) is 39.6 Å². The van der Waals surface area contributed by atoms with Gasteiger partial charge in [0.1, 0.15) is 5.76 Å². The molecule has 0 bridgehead atoms. The van der Waals surface area contributed by atoms with E-state index >= 15 is 0 Å². The van der Waals surface area contributed by atoms with E-state index in [1.807, 2.05) is 0 Å². The van der Waals surface area contributed by atoms with Gasteiger partial charge < -0.3 is 13.9 Å². The zero-order valence-corrected chi connectivity index (χ0v) is 6.56. The number of carbonyl (C=O) groups is 1. The van der Waals surface area contributed by atoms with E-state index in [4.69, 9.17) is 13.9 Å². The van der Waals surface area contributed by atoms with Crippen molar-refractivity contribution in [2.24, 2.45) is 0 Å². The van der Waals surface area contributed by atoms with Crippen molar-refractivity contribution in [2.75, 3.05) is 0 Å². The molecule has 13 heavy (non-hydrogen) atoms. The molecule has 0 aliphatic heterocycles. The summed E-state index contributed by atoms with van der Waals surface area (Å²) >= 11 is 0. The average Bonchev–Trinajstić information content (AvgIpc) is 2.74. The van der Waals surface area contributed by atoms with Crippen LogP contribution in [0, 0.1) is 0 Å². The maximum absolute atomic E-state index is 10.6. The molecular formula is C9H6O4. The fraction of sp³-hybridized carbons (Fsp3) is 0. The van der Waals surface area contributed by atoms with E-state index in [9.17, 15) is 4.79 Å². The molecule has 0 saturated carbocycles. The maximum atomic E-state index is 10.6. The van der Waals surface area contributed by atoms with E-state index in [0.717, 1.165) is 0 Å². The molecule has 1 N–H and O–H groups in total. The van der Waals surface area contributed by atoms with Gasteiger partial charge in [0.15, 0.2) is 0 Å². The van der Waals surface area contributed by atoms with Gasteiger partial charge in [-0.05, 0) is 18.2 Å². The zero-order chi connectivity index (χ0) is 9.26. The highest BCUT2D eigenvalue weighted by atomic mass is 16.4. The maximum Gasteiger partial charge on any atom is 0.372 e. The molecule has 0 aromatic carbocycles. The number of hydrogen-bond donors (Lipinski definition) is 1. The first-order valence-electron chi connectivity index (χ1n) is 3.63. The van der Waals surface area contributed by atoms with Crippen LogP contribution in [0.5, 0.6) is 0 Å². The van der Waals surface area contributed by atoms with Crippen molar-refractivity contribution in [1.29, 1.82) is 0 Å². The Hall–Kier alpha value is -1.97. The Bertz CT molecular complexity index is 411. The lowest BCUT2D eigenvalue weighted by molar-refractivity contribution is 0.0663. The molecule has 2 rings (SSSR count). The molecule has 0 aliphatic carbocycles. The smallest absolute Gasteiger partial charge is 0.372 e. The molecule has 4 nitrogen and oxygen atoms in total. The minimum Gasteiger partial charge on any atom is -0.475 e. The Labute approximate surface area is 73.4 Å². The van der Waals surface area contributed by atoms with Crippen LogP contribution in [0.25, 0.3) is 11.3 Å². The lowest BCUT2D eigenvalue weighted by Gasteiger charge is -1.92. The fourth-order valence-corrected chi connectivity index (χ4v) is 1.10. The standard InChI is InChI=1S/C9H6O4/c10-9(11)8-6(3-5-13-8)7-2-1-4-12-7/h1-5H,(H,10,11). The summed E-state index contributed by atoms with van der Waals surface area (Å²) < 4.78 is 9.84. The van der Waals surface area contributed by atoms with Gasteiger partial charge in [-0.3, -0.25) is 0 Å². The molecule has 0 fully saturated rings. The van der Waals surface area contributed by atoms with Gasteiger partial charge in [-0.2, -0.15) is 0 Å². The summed E-state index contributed by atoms with van der Waals surface area (Å²) in [7, 11) is 0. The number of furan rings is 2. The Morgan fingerprint density at radius 3 is 2.69 bits per heavy atom. The van der Waals surface area contributed by atoms with Gasteiger partial charge in [-0.25, -0.2) is 4.79 Å². The summed E-state index contributed by atoms with van der Waals surface area (Å²) in [5.41, 5.74) is 0.456. The van der Waals surface area contributed by atoms with E-state index in [0.29, 0.717) is 11.3 Å². The molecule has 0 aliphatic rings. The molecular weight excluding hydrogens is 172 g/mol. The third kappa shape index (κ3) is 1.22. The Morgan fingerprint density at radius 2 is 2.08 bits per heavy atom. The number of rotatable bonds is 2. The SMILES string of the molecule is O=C(O)c1occc1-c1ccco1. The summed E-state index contributed by atoms with van der Waals surface area (Å²) in [5, 5.41) is 8.72. The molecule has 4 heteroatoms. The summed E-state index contributed by atoms with van der Waals surface area (Å²) in [6, 6.07) is 4.92. The second-order valence-corrected chi connectivity index (χ2v) is 2.45. The van der Waals surface area contributed by atoms with E-state index in [1.165, 1.54) is 12.5 Å². The third-order valence-electron chi connectivity index (χ3n) is 1.65. The summed E-state index contributed by atoms with van der Waals surface area (Å²) in [4.78, 5) is 10.6. The van der Waals surface area contributed by atoms with Crippen LogP contribution in [0.1, 0.15) is 10.6 Å². The Kier molecular flexibility index (Phi) is 1.66. The predicted molar refractivity (Wildman–Crippen MR) is 43.4 cm³/mol. The number of hydrogen-bond acceptors (Lipinski definition) is 3. The van der Waals surface area contributed by atoms with Crippen molar-refractivity contribution in [2.45, 2.75) is 0 Å². The van der Waals surface area contributed by atoms with Crippen molar-refractivity contribution in [3.63, 3.8) is 0 Å². The molecule has 2 aromatic heterocycles. The van der Waals surface area contributed by atoms with Crippen LogP contribution in [0.2, 0.25) is 0 Å². The monoisotopic (exact) mass is 178 g/mol. The Morgan fingerprint density at radius 1 is 1.23 bits per heavy atom. The van der Waals surface area contributed by atoms with Crippen molar-refractivity contribution < 1.29 is 18.7 Å². The van der Waals surface area contributed by atoms with Crippen molar-refractivity contribution in [1.82, 2.24) is 0 Å². The highest BCUT2D eigenvalue weighted by molar-refractivity contribution is 5.92. The molecule has 2 aromatic rings. The van der Waals surface area contributed by atoms with Gasteiger partial charge in [0.25, 0.3) is 0 Å². The largest absolute Gasteiger partial charge is 0.475 e. The minimum absolute atomic E-state index is 0.102. The fourth-order valence-electron chi connectivity index (χ4n) is 1.10. The quantitative estimate of drug-likeness (QED) is 0.765. The molecule has 0 radical (unpaired) electrons. The highest BCUT2D eigenvalue weighted by Gasteiger charge is 2.16. The van der Waals surface area contributed by atoms with Crippen LogP contribution in [0.4, 0.5) is 0 Å². The average molecular weight is 178 g/mol. The highest BCUT2D eigenvalue weighted by Crippen LogP contribution is 2.24. The van der Waals surface area contributed by atoms with E-state index < -0.39 is 5.97 Å². The van der Waals surface area contributed by atoms with Crippen LogP contribution >= 0.6 is 0 Å². The van der Waals surface area contributed by atoms with Crippen LogP contribution in [-0.4, -0.2) is 11.1 Å². The number of carboxylic acids is 1. The minimum atomic E-state index is -1.10. The van der Waals surface area contributed by atoms with Gasteiger partial charge in [0.05, 0.1) is 18.1 Å². The number of aromatic carboxylic acids is 1. The second-order valence-electron chi connectivity index (χ2n) is 2.45. The van der Waals surface area contributed by atoms with Crippen molar-refractivity contribution in [3.05, 3.63) is 36.5 Å². The molecule has 0 unspecified atom stereocenters. The van der Waals surface area contributed by atoms with Crippen molar-refractivity contribution in [3.8, 4) is 11.3 Å². The predicted octanol–water partition coefficient (Wildman–Crippen LogP) is 2.24. The van der Waals surface area contributed by atoms with Gasteiger partial charge in [-0.15, -0.1) is 0 Å². The Balaban J connectivity index is 2.52. The van der Waals surface area contributed by atoms with Crippen LogP contribution < -0.4 is 0 Å². The second kappa shape index (κ2) is 2.82. The third-order valence-corrected chi connectivity index (χ3v) is 1.65. The molecule has 0 atom stereocenters. The van der Waals surface area contributed by atoms with E-state index in [2.05, 4.69) is 0 Å². The summed E-state index contributed by atoms with van der Waals surface area (Å²) in [5.74, 6) is -0.711. The lowest BCUT2D eigenvalue weighted by atomic mass is 10.2. The molecule has 0 saturated heterocycles. The molecule has 66 valence electrons.